The van der Waals surface area contributed by atoms with Gasteiger partial charge in [-0.15, -0.1) is 0 Å². The normalized spacial score (nSPS) is 11.2. The van der Waals surface area contributed by atoms with E-state index >= 15 is 0 Å². The average molecular weight is 294 g/mol. The van der Waals surface area contributed by atoms with E-state index in [1.807, 2.05) is 0 Å². The van der Waals surface area contributed by atoms with Crippen molar-refractivity contribution in [1.82, 2.24) is 0 Å². The first-order valence-corrected chi connectivity index (χ1v) is 7.34. The van der Waals surface area contributed by atoms with Gasteiger partial charge in [0.25, 0.3) is 0 Å². The summed E-state index contributed by atoms with van der Waals surface area (Å²) >= 11 is 0. The SMILES string of the molecule is O=C(O)c1ccc(CS(=O)(=O)c2cccc(F)c2)cc1. The number of sulfone groups is 1. The number of carbonyl (C=O) groups is 1. The van der Waals surface area contributed by atoms with Crippen molar-refractivity contribution < 1.29 is 22.7 Å². The maximum atomic E-state index is 13.0. The second kappa shape index (κ2) is 5.42. The van der Waals surface area contributed by atoms with Crippen molar-refractivity contribution in [2.75, 3.05) is 0 Å². The highest BCUT2D eigenvalue weighted by Gasteiger charge is 2.16. The van der Waals surface area contributed by atoms with E-state index in [1.165, 1.54) is 42.5 Å². The molecule has 0 unspecified atom stereocenters. The van der Waals surface area contributed by atoms with Gasteiger partial charge in [-0.25, -0.2) is 17.6 Å². The molecule has 6 heteroatoms. The van der Waals surface area contributed by atoms with Crippen LogP contribution in [-0.4, -0.2) is 19.5 Å². The van der Waals surface area contributed by atoms with E-state index in [0.29, 0.717) is 5.56 Å². The number of benzene rings is 2. The molecule has 1 N–H and O–H groups in total. The lowest BCUT2D eigenvalue weighted by Crippen LogP contribution is -2.06. The molecule has 0 aliphatic rings. The molecule has 4 nitrogen and oxygen atoms in total. The highest BCUT2D eigenvalue weighted by atomic mass is 32.2. The monoisotopic (exact) mass is 294 g/mol. The predicted octanol–water partition coefficient (Wildman–Crippen LogP) is 2.50. The molecule has 0 atom stereocenters. The van der Waals surface area contributed by atoms with Crippen LogP contribution < -0.4 is 0 Å². The number of hydrogen-bond donors (Lipinski definition) is 1. The summed E-state index contributed by atoms with van der Waals surface area (Å²) in [5.41, 5.74) is 0.524. The quantitative estimate of drug-likeness (QED) is 0.940. The first-order valence-electron chi connectivity index (χ1n) is 5.69. The largest absolute Gasteiger partial charge is 0.478 e. The standard InChI is InChI=1S/C14H11FO4S/c15-12-2-1-3-13(8-12)20(18,19)9-10-4-6-11(7-5-10)14(16)17/h1-8H,9H2,(H,16,17). The summed E-state index contributed by atoms with van der Waals surface area (Å²) in [6, 6.07) is 10.3. The van der Waals surface area contributed by atoms with Gasteiger partial charge in [0.15, 0.2) is 9.84 Å². The zero-order valence-corrected chi connectivity index (χ0v) is 11.1. The number of carboxylic acid groups (broad SMARTS) is 1. The number of halogens is 1. The van der Waals surface area contributed by atoms with Gasteiger partial charge in [0.2, 0.25) is 0 Å². The molecular weight excluding hydrogens is 283 g/mol. The Labute approximate surface area is 115 Å². The molecule has 0 fully saturated rings. The fraction of sp³-hybridized carbons (Fsp3) is 0.0714. The van der Waals surface area contributed by atoms with Crippen LogP contribution in [-0.2, 0) is 15.6 Å². The Morgan fingerprint density at radius 2 is 1.75 bits per heavy atom. The van der Waals surface area contributed by atoms with E-state index in [9.17, 15) is 17.6 Å². The van der Waals surface area contributed by atoms with Crippen LogP contribution in [0.1, 0.15) is 15.9 Å². The molecule has 2 rings (SSSR count). The van der Waals surface area contributed by atoms with Crippen molar-refractivity contribution >= 4 is 15.8 Å². The Morgan fingerprint density at radius 1 is 1.10 bits per heavy atom. The highest BCUT2D eigenvalue weighted by Crippen LogP contribution is 2.17. The number of aromatic carboxylic acids is 1. The summed E-state index contributed by atoms with van der Waals surface area (Å²) in [5, 5.41) is 8.76. The minimum atomic E-state index is -3.66. The predicted molar refractivity (Wildman–Crippen MR) is 70.7 cm³/mol. The molecular formula is C14H11FO4S. The molecule has 0 aliphatic carbocycles. The average Bonchev–Trinajstić information content (AvgIpc) is 2.39. The summed E-state index contributed by atoms with van der Waals surface area (Å²) in [4.78, 5) is 10.6. The van der Waals surface area contributed by atoms with Crippen molar-refractivity contribution in [2.45, 2.75) is 10.6 Å². The van der Waals surface area contributed by atoms with Gasteiger partial charge in [0.05, 0.1) is 16.2 Å². The summed E-state index contributed by atoms with van der Waals surface area (Å²) in [5.74, 6) is -2.01. The molecule has 0 aliphatic heterocycles. The lowest BCUT2D eigenvalue weighted by atomic mass is 10.1. The maximum Gasteiger partial charge on any atom is 0.335 e. The molecule has 0 amide bonds. The van der Waals surface area contributed by atoms with Crippen LogP contribution in [0.25, 0.3) is 0 Å². The first-order chi connectivity index (χ1) is 9.38. The smallest absolute Gasteiger partial charge is 0.335 e. The molecule has 0 heterocycles. The fourth-order valence-electron chi connectivity index (χ4n) is 1.71. The number of rotatable bonds is 4. The van der Waals surface area contributed by atoms with Crippen molar-refractivity contribution in [3.05, 3.63) is 65.5 Å². The van der Waals surface area contributed by atoms with Crippen LogP contribution in [0.15, 0.2) is 53.4 Å². The van der Waals surface area contributed by atoms with Crippen LogP contribution in [0.2, 0.25) is 0 Å². The van der Waals surface area contributed by atoms with E-state index in [2.05, 4.69) is 0 Å². The Hall–Kier alpha value is -2.21. The number of carboxylic acids is 1. The first kappa shape index (κ1) is 14.2. The maximum absolute atomic E-state index is 13.0. The highest BCUT2D eigenvalue weighted by molar-refractivity contribution is 7.90. The van der Waals surface area contributed by atoms with Crippen LogP contribution >= 0.6 is 0 Å². The Kier molecular flexibility index (Phi) is 3.85. The van der Waals surface area contributed by atoms with Gasteiger partial charge >= 0.3 is 5.97 Å². The van der Waals surface area contributed by atoms with Crippen molar-refractivity contribution in [3.63, 3.8) is 0 Å². The summed E-state index contributed by atoms with van der Waals surface area (Å²) in [7, 11) is -3.66. The molecule has 0 saturated heterocycles. The van der Waals surface area contributed by atoms with Gasteiger partial charge in [-0.2, -0.15) is 0 Å². The van der Waals surface area contributed by atoms with Gasteiger partial charge in [-0.1, -0.05) is 18.2 Å². The Morgan fingerprint density at radius 3 is 2.30 bits per heavy atom. The van der Waals surface area contributed by atoms with Gasteiger partial charge < -0.3 is 5.11 Å². The molecule has 0 saturated carbocycles. The lowest BCUT2D eigenvalue weighted by molar-refractivity contribution is 0.0697. The molecule has 104 valence electrons. The third-order valence-electron chi connectivity index (χ3n) is 2.71. The minimum absolute atomic E-state index is 0.0805. The molecule has 0 bridgehead atoms. The van der Waals surface area contributed by atoms with Crippen molar-refractivity contribution in [3.8, 4) is 0 Å². The zero-order chi connectivity index (χ0) is 14.8. The molecule has 0 aromatic heterocycles. The van der Waals surface area contributed by atoms with Crippen molar-refractivity contribution in [2.24, 2.45) is 0 Å². The van der Waals surface area contributed by atoms with Crippen LogP contribution in [0.5, 0.6) is 0 Å². The van der Waals surface area contributed by atoms with E-state index in [0.717, 1.165) is 6.07 Å². The lowest BCUT2D eigenvalue weighted by Gasteiger charge is -2.05. The van der Waals surface area contributed by atoms with Crippen LogP contribution in [0, 0.1) is 5.82 Å². The van der Waals surface area contributed by atoms with Crippen LogP contribution in [0.4, 0.5) is 4.39 Å². The van der Waals surface area contributed by atoms with E-state index < -0.39 is 21.6 Å². The van der Waals surface area contributed by atoms with E-state index in [4.69, 9.17) is 5.11 Å². The zero-order valence-electron chi connectivity index (χ0n) is 10.3. The molecule has 0 spiro atoms. The number of hydrogen-bond acceptors (Lipinski definition) is 3. The van der Waals surface area contributed by atoms with Gasteiger partial charge in [-0.3, -0.25) is 0 Å². The second-order valence-corrected chi connectivity index (χ2v) is 6.21. The summed E-state index contributed by atoms with van der Waals surface area (Å²) < 4.78 is 37.2. The topological polar surface area (TPSA) is 71.4 Å². The summed E-state index contributed by atoms with van der Waals surface area (Å²) in [6.45, 7) is 0. The Balaban J connectivity index is 2.26. The molecule has 20 heavy (non-hydrogen) atoms. The molecule has 2 aromatic carbocycles. The van der Waals surface area contributed by atoms with E-state index in [-0.39, 0.29) is 16.2 Å². The molecule has 2 aromatic rings. The summed E-state index contributed by atoms with van der Waals surface area (Å²) in [6.07, 6.45) is 0. The van der Waals surface area contributed by atoms with E-state index in [1.54, 1.807) is 0 Å². The van der Waals surface area contributed by atoms with Crippen molar-refractivity contribution in [1.29, 1.82) is 0 Å². The minimum Gasteiger partial charge on any atom is -0.478 e. The van der Waals surface area contributed by atoms with Gasteiger partial charge in [0, 0.05) is 0 Å². The Bertz CT molecular complexity index is 736. The van der Waals surface area contributed by atoms with Crippen LogP contribution in [0.3, 0.4) is 0 Å². The van der Waals surface area contributed by atoms with Gasteiger partial charge in [0.1, 0.15) is 5.82 Å². The second-order valence-electron chi connectivity index (χ2n) is 4.22. The van der Waals surface area contributed by atoms with Gasteiger partial charge in [-0.05, 0) is 35.9 Å². The molecule has 0 radical (unpaired) electrons. The fourth-order valence-corrected chi connectivity index (χ4v) is 3.08. The third-order valence-corrected chi connectivity index (χ3v) is 4.40. The third kappa shape index (κ3) is 3.21.